The van der Waals surface area contributed by atoms with Crippen molar-refractivity contribution in [3.8, 4) is 11.6 Å². The Balaban J connectivity index is 1.95. The number of halogens is 3. The van der Waals surface area contributed by atoms with Gasteiger partial charge in [0.1, 0.15) is 34.4 Å². The lowest BCUT2D eigenvalue weighted by Gasteiger charge is -2.15. The monoisotopic (exact) mass is 451 g/mol. The first kappa shape index (κ1) is 20.0. The SMILES string of the molecule is Cc1nc(CN)ncc1-n1c(C)nc(OCc2ccc(F)cc2F)c(Br)c1=O. The van der Waals surface area contributed by atoms with Crippen molar-refractivity contribution in [2.75, 3.05) is 0 Å². The average molecular weight is 452 g/mol. The molecule has 3 rings (SSSR count). The highest BCUT2D eigenvalue weighted by molar-refractivity contribution is 9.10. The van der Waals surface area contributed by atoms with Crippen LogP contribution in [0.25, 0.3) is 5.69 Å². The zero-order valence-corrected chi connectivity index (χ0v) is 16.6. The fourth-order valence-corrected chi connectivity index (χ4v) is 2.95. The zero-order valence-electron chi connectivity index (χ0n) is 15.0. The molecule has 0 radical (unpaired) electrons. The van der Waals surface area contributed by atoms with Gasteiger partial charge in [0.05, 0.1) is 24.1 Å². The van der Waals surface area contributed by atoms with E-state index >= 15 is 0 Å². The van der Waals surface area contributed by atoms with Crippen molar-refractivity contribution < 1.29 is 13.5 Å². The number of ether oxygens (including phenoxy) is 1. The maximum absolute atomic E-state index is 13.8. The molecule has 0 unspecified atom stereocenters. The van der Waals surface area contributed by atoms with Gasteiger partial charge >= 0.3 is 0 Å². The molecule has 28 heavy (non-hydrogen) atoms. The Bertz CT molecular complexity index is 1100. The summed E-state index contributed by atoms with van der Waals surface area (Å²) >= 11 is 3.18. The van der Waals surface area contributed by atoms with E-state index in [0.29, 0.717) is 23.0 Å². The van der Waals surface area contributed by atoms with E-state index in [4.69, 9.17) is 10.5 Å². The summed E-state index contributed by atoms with van der Waals surface area (Å²) in [6.45, 7) is 3.32. The summed E-state index contributed by atoms with van der Waals surface area (Å²) < 4.78 is 33.6. The van der Waals surface area contributed by atoms with Crippen molar-refractivity contribution in [3.05, 3.63) is 73.8 Å². The zero-order chi connectivity index (χ0) is 20.4. The van der Waals surface area contributed by atoms with Crippen LogP contribution in [0, 0.1) is 25.5 Å². The number of aromatic nitrogens is 4. The van der Waals surface area contributed by atoms with Crippen LogP contribution < -0.4 is 16.0 Å². The molecular weight excluding hydrogens is 436 g/mol. The first-order valence-electron chi connectivity index (χ1n) is 8.20. The predicted molar refractivity (Wildman–Crippen MR) is 101 cm³/mol. The molecule has 0 aliphatic carbocycles. The molecule has 1 aromatic carbocycles. The van der Waals surface area contributed by atoms with E-state index in [0.717, 1.165) is 12.1 Å². The highest BCUT2D eigenvalue weighted by atomic mass is 79.9. The van der Waals surface area contributed by atoms with Crippen LogP contribution in [0.2, 0.25) is 0 Å². The Morgan fingerprint density at radius 3 is 2.64 bits per heavy atom. The molecule has 0 spiro atoms. The highest BCUT2D eigenvalue weighted by Crippen LogP contribution is 2.22. The minimum Gasteiger partial charge on any atom is -0.472 e. The number of aryl methyl sites for hydroxylation is 2. The molecule has 0 saturated carbocycles. The van der Waals surface area contributed by atoms with Gasteiger partial charge in [-0.2, -0.15) is 4.98 Å². The van der Waals surface area contributed by atoms with Gasteiger partial charge in [0.15, 0.2) is 0 Å². The van der Waals surface area contributed by atoms with Crippen LogP contribution >= 0.6 is 15.9 Å². The number of nitrogens with two attached hydrogens (primary N) is 1. The van der Waals surface area contributed by atoms with Crippen LogP contribution in [-0.4, -0.2) is 19.5 Å². The van der Waals surface area contributed by atoms with Crippen molar-refractivity contribution in [3.63, 3.8) is 0 Å². The summed E-state index contributed by atoms with van der Waals surface area (Å²) in [5.41, 5.74) is 6.26. The fraction of sp³-hybridized carbons (Fsp3) is 0.222. The summed E-state index contributed by atoms with van der Waals surface area (Å²) in [7, 11) is 0. The third kappa shape index (κ3) is 3.92. The summed E-state index contributed by atoms with van der Waals surface area (Å²) in [4.78, 5) is 25.5. The van der Waals surface area contributed by atoms with Gasteiger partial charge < -0.3 is 10.5 Å². The van der Waals surface area contributed by atoms with Crippen LogP contribution in [0.5, 0.6) is 5.88 Å². The Hall–Kier alpha value is -2.72. The van der Waals surface area contributed by atoms with Gasteiger partial charge in [0.2, 0.25) is 5.88 Å². The Morgan fingerprint density at radius 2 is 2.00 bits per heavy atom. The molecule has 0 amide bonds. The van der Waals surface area contributed by atoms with Crippen molar-refractivity contribution in [2.45, 2.75) is 27.0 Å². The first-order valence-corrected chi connectivity index (χ1v) is 9.00. The summed E-state index contributed by atoms with van der Waals surface area (Å²) in [5, 5.41) is 0. The van der Waals surface area contributed by atoms with Crippen molar-refractivity contribution in [2.24, 2.45) is 5.73 Å². The maximum Gasteiger partial charge on any atom is 0.276 e. The lowest BCUT2D eigenvalue weighted by atomic mass is 10.2. The molecule has 0 saturated heterocycles. The molecule has 0 bridgehead atoms. The van der Waals surface area contributed by atoms with Crippen molar-refractivity contribution in [1.29, 1.82) is 0 Å². The van der Waals surface area contributed by atoms with E-state index in [1.165, 1.54) is 16.8 Å². The molecule has 7 nitrogen and oxygen atoms in total. The largest absolute Gasteiger partial charge is 0.472 e. The number of hydrogen-bond acceptors (Lipinski definition) is 6. The highest BCUT2D eigenvalue weighted by Gasteiger charge is 2.18. The van der Waals surface area contributed by atoms with Gasteiger partial charge in [-0.1, -0.05) is 0 Å². The van der Waals surface area contributed by atoms with Gasteiger partial charge in [0, 0.05) is 11.6 Å². The van der Waals surface area contributed by atoms with Crippen LogP contribution in [0.4, 0.5) is 8.78 Å². The van der Waals surface area contributed by atoms with Gasteiger partial charge in [-0.25, -0.2) is 18.7 Å². The molecule has 0 atom stereocenters. The molecule has 0 fully saturated rings. The molecule has 0 aliphatic rings. The van der Waals surface area contributed by atoms with E-state index in [1.54, 1.807) is 13.8 Å². The summed E-state index contributed by atoms with van der Waals surface area (Å²) in [5.74, 6) is -0.638. The summed E-state index contributed by atoms with van der Waals surface area (Å²) in [6, 6.07) is 3.16. The topological polar surface area (TPSA) is 95.9 Å². The predicted octanol–water partition coefficient (Wildman–Crippen LogP) is 2.72. The molecule has 146 valence electrons. The molecule has 2 heterocycles. The van der Waals surface area contributed by atoms with Crippen LogP contribution in [0.3, 0.4) is 0 Å². The molecule has 10 heteroatoms. The third-order valence-corrected chi connectivity index (χ3v) is 4.65. The second-order valence-electron chi connectivity index (χ2n) is 5.90. The lowest BCUT2D eigenvalue weighted by molar-refractivity contribution is 0.283. The van der Waals surface area contributed by atoms with Crippen LogP contribution in [0.15, 0.2) is 33.7 Å². The molecular formula is C18H16BrF2N5O2. The Kier molecular flexibility index (Phi) is 5.80. The second-order valence-corrected chi connectivity index (χ2v) is 6.70. The molecule has 3 aromatic rings. The minimum atomic E-state index is -0.742. The van der Waals surface area contributed by atoms with E-state index in [2.05, 4.69) is 30.9 Å². The number of rotatable bonds is 5. The molecule has 2 aromatic heterocycles. The minimum absolute atomic E-state index is 0.000347. The van der Waals surface area contributed by atoms with Crippen molar-refractivity contribution in [1.82, 2.24) is 19.5 Å². The normalized spacial score (nSPS) is 10.9. The van der Waals surface area contributed by atoms with Crippen LogP contribution in [-0.2, 0) is 13.2 Å². The Morgan fingerprint density at radius 1 is 1.25 bits per heavy atom. The van der Waals surface area contributed by atoms with E-state index in [9.17, 15) is 13.6 Å². The number of benzene rings is 1. The summed E-state index contributed by atoms with van der Waals surface area (Å²) in [6.07, 6.45) is 1.50. The van der Waals surface area contributed by atoms with Crippen LogP contribution in [0.1, 0.15) is 22.9 Å². The smallest absolute Gasteiger partial charge is 0.276 e. The van der Waals surface area contributed by atoms with E-state index in [1.807, 2.05) is 0 Å². The number of nitrogens with zero attached hydrogens (tertiary/aromatic N) is 4. The second kappa shape index (κ2) is 8.11. The lowest BCUT2D eigenvalue weighted by Crippen LogP contribution is -2.25. The quantitative estimate of drug-likeness (QED) is 0.640. The third-order valence-electron chi connectivity index (χ3n) is 3.97. The molecule has 2 N–H and O–H groups in total. The average Bonchev–Trinajstić information content (AvgIpc) is 2.66. The van der Waals surface area contributed by atoms with Crippen molar-refractivity contribution >= 4 is 15.9 Å². The first-order chi connectivity index (χ1) is 13.3. The fourth-order valence-electron chi connectivity index (χ4n) is 2.57. The van der Waals surface area contributed by atoms with Gasteiger partial charge in [0.25, 0.3) is 5.56 Å². The van der Waals surface area contributed by atoms with E-state index in [-0.39, 0.29) is 29.1 Å². The van der Waals surface area contributed by atoms with Gasteiger partial charge in [-0.05, 0) is 41.9 Å². The Labute approximate surface area is 167 Å². The van der Waals surface area contributed by atoms with Gasteiger partial charge in [-0.3, -0.25) is 9.36 Å². The maximum atomic E-state index is 13.8. The number of hydrogen-bond donors (Lipinski definition) is 1. The van der Waals surface area contributed by atoms with Gasteiger partial charge in [-0.15, -0.1) is 0 Å². The standard InChI is InChI=1S/C18H16BrF2N5O2/c1-9-14(7-23-15(6-22)24-9)26-10(2)25-17(16(19)18(26)27)28-8-11-3-4-12(20)5-13(11)21/h3-5,7H,6,8,22H2,1-2H3. The molecule has 0 aliphatic heterocycles. The van der Waals surface area contributed by atoms with E-state index < -0.39 is 17.2 Å².